The van der Waals surface area contributed by atoms with Crippen molar-refractivity contribution in [3.05, 3.63) is 67.3 Å². The first-order valence-corrected chi connectivity index (χ1v) is 22.1. The number of carbonyl (C=O) groups excluding carboxylic acids is 1. The summed E-state index contributed by atoms with van der Waals surface area (Å²) in [6.07, 6.45) is 4.09. The summed E-state index contributed by atoms with van der Waals surface area (Å²) in [7, 11) is -4.52. The van der Waals surface area contributed by atoms with E-state index >= 15 is 0 Å². The van der Waals surface area contributed by atoms with Crippen molar-refractivity contribution in [2.24, 2.45) is 11.8 Å². The summed E-state index contributed by atoms with van der Waals surface area (Å²) in [5, 5.41) is -0.132. The van der Waals surface area contributed by atoms with Crippen LogP contribution < -0.4 is 4.74 Å². The van der Waals surface area contributed by atoms with Crippen molar-refractivity contribution >= 4 is 22.6 Å². The Hall–Kier alpha value is -2.15. The molecule has 5 atom stereocenters. The highest BCUT2D eigenvalue weighted by atomic mass is 28.4. The quantitative estimate of drug-likeness (QED) is 0.105. The Labute approximate surface area is 277 Å². The van der Waals surface area contributed by atoms with Crippen LogP contribution in [0.15, 0.2) is 61.7 Å². The summed E-state index contributed by atoms with van der Waals surface area (Å²) in [4.78, 5) is 12.7. The molecule has 2 rings (SSSR count). The van der Waals surface area contributed by atoms with Crippen LogP contribution in [0.4, 0.5) is 13.2 Å². The molecular weight excluding hydrogens is 626 g/mol. The Kier molecular flexibility index (Phi) is 13.8. The second kappa shape index (κ2) is 15.8. The summed E-state index contributed by atoms with van der Waals surface area (Å²) >= 11 is 0. The van der Waals surface area contributed by atoms with Crippen molar-refractivity contribution in [1.29, 1.82) is 0 Å². The fourth-order valence-corrected chi connectivity index (χ4v) is 7.62. The van der Waals surface area contributed by atoms with E-state index in [0.29, 0.717) is 19.3 Å². The van der Waals surface area contributed by atoms with Gasteiger partial charge in [0.1, 0.15) is 18.5 Å². The fraction of sp³-hybridized carbons (Fsp3) is 0.639. The molecule has 1 aliphatic carbocycles. The minimum absolute atomic E-state index is 0.0271. The Morgan fingerprint density at radius 1 is 0.978 bits per heavy atom. The zero-order valence-corrected chi connectivity index (χ0v) is 31.6. The van der Waals surface area contributed by atoms with Crippen molar-refractivity contribution in [2.45, 2.75) is 128 Å². The van der Waals surface area contributed by atoms with Gasteiger partial charge in [-0.15, -0.1) is 13.2 Å². The molecular formula is C36H57F3O5Si2. The van der Waals surface area contributed by atoms with Crippen LogP contribution in [0.5, 0.6) is 5.75 Å². The van der Waals surface area contributed by atoms with Gasteiger partial charge < -0.3 is 18.3 Å². The monoisotopic (exact) mass is 682 g/mol. The number of benzene rings is 1. The number of carbonyl (C=O) groups is 1. The predicted octanol–water partition coefficient (Wildman–Crippen LogP) is 10.5. The van der Waals surface area contributed by atoms with Gasteiger partial charge in [0.05, 0.1) is 17.8 Å². The van der Waals surface area contributed by atoms with Gasteiger partial charge in [0.25, 0.3) is 0 Å². The van der Waals surface area contributed by atoms with Crippen LogP contribution in [0, 0.1) is 11.8 Å². The topological polar surface area (TPSA) is 54.0 Å². The van der Waals surface area contributed by atoms with E-state index in [-0.39, 0.29) is 58.9 Å². The van der Waals surface area contributed by atoms with Crippen molar-refractivity contribution < 1.29 is 36.3 Å². The largest absolute Gasteiger partial charge is 0.491 e. The molecule has 10 heteroatoms. The van der Waals surface area contributed by atoms with Gasteiger partial charge in [-0.05, 0) is 67.3 Å². The smallest absolute Gasteiger partial charge is 0.416 e. The third kappa shape index (κ3) is 11.2. The van der Waals surface area contributed by atoms with Crippen LogP contribution in [0.25, 0.3) is 0 Å². The maximum atomic E-state index is 13.4. The molecule has 1 saturated carbocycles. The van der Waals surface area contributed by atoms with Crippen LogP contribution >= 0.6 is 0 Å². The van der Waals surface area contributed by atoms with E-state index in [2.05, 4.69) is 87.0 Å². The number of alkyl halides is 3. The Morgan fingerprint density at radius 3 is 2.15 bits per heavy atom. The molecule has 0 aromatic heterocycles. The average Bonchev–Trinajstić information content (AvgIpc) is 3.21. The van der Waals surface area contributed by atoms with Gasteiger partial charge in [0, 0.05) is 24.7 Å². The SMILES string of the molecule is C=CCCC(=O)O[C@H]1CC(O[Si](C)(C)C(C)(C)C)[C@H](/C=C/C(COc2cccc(C(F)(F)F)c2)O[Si](C)(C)C(C)(C)C)[C@H]1CC=C. The molecule has 0 N–H and O–H groups in total. The molecule has 0 bridgehead atoms. The summed E-state index contributed by atoms with van der Waals surface area (Å²) in [6.45, 7) is 29.4. The van der Waals surface area contributed by atoms with E-state index in [1.807, 2.05) is 12.2 Å². The van der Waals surface area contributed by atoms with Crippen molar-refractivity contribution in [3.63, 3.8) is 0 Å². The van der Waals surface area contributed by atoms with Crippen LogP contribution in [0.3, 0.4) is 0 Å². The summed E-state index contributed by atoms with van der Waals surface area (Å²) in [6, 6.07) is 4.90. The third-order valence-electron chi connectivity index (χ3n) is 9.77. The van der Waals surface area contributed by atoms with Crippen molar-refractivity contribution in [2.75, 3.05) is 6.61 Å². The number of halogens is 3. The first-order valence-electron chi connectivity index (χ1n) is 16.3. The van der Waals surface area contributed by atoms with E-state index < -0.39 is 34.5 Å². The molecule has 46 heavy (non-hydrogen) atoms. The van der Waals surface area contributed by atoms with Gasteiger partial charge in [-0.3, -0.25) is 4.79 Å². The first-order chi connectivity index (χ1) is 21.0. The zero-order valence-electron chi connectivity index (χ0n) is 29.6. The standard InChI is InChI=1S/C36H57F3O5Si2/c1-13-15-20-33(40)42-31-24-32(44-46(11,12)35(6,7)8)30(29(31)17-14-2)22-21-28(43-45(9,10)34(3,4)5)25-41-27-19-16-18-26(23-27)36(37,38)39/h13-14,16,18-19,21-23,28-32H,1-2,15,17,20,24-25H2,3-12H3/b22-21+/t28?,29-,30-,31+,32?/m1/s1. The summed E-state index contributed by atoms with van der Waals surface area (Å²) in [5.41, 5.74) is -0.764. The highest BCUT2D eigenvalue weighted by molar-refractivity contribution is 6.74. The number of ether oxygens (including phenoxy) is 2. The van der Waals surface area contributed by atoms with Gasteiger partial charge in [0.2, 0.25) is 0 Å². The van der Waals surface area contributed by atoms with Crippen molar-refractivity contribution in [3.8, 4) is 5.75 Å². The second-order valence-corrected chi connectivity index (χ2v) is 24.9. The van der Waals surface area contributed by atoms with E-state index in [4.69, 9.17) is 18.3 Å². The molecule has 260 valence electrons. The number of rotatable bonds is 15. The van der Waals surface area contributed by atoms with Crippen LogP contribution in [-0.4, -0.2) is 47.5 Å². The van der Waals surface area contributed by atoms with E-state index in [0.717, 1.165) is 12.1 Å². The zero-order chi connectivity index (χ0) is 35.1. The molecule has 1 aromatic carbocycles. The third-order valence-corrected chi connectivity index (χ3v) is 18.8. The number of allylic oxidation sites excluding steroid dienone is 2. The Morgan fingerprint density at radius 2 is 1.61 bits per heavy atom. The molecule has 1 fully saturated rings. The molecule has 1 aliphatic rings. The minimum Gasteiger partial charge on any atom is -0.491 e. The van der Waals surface area contributed by atoms with E-state index in [1.54, 1.807) is 6.08 Å². The molecule has 2 unspecified atom stereocenters. The molecule has 0 heterocycles. The highest BCUT2D eigenvalue weighted by Gasteiger charge is 2.49. The van der Waals surface area contributed by atoms with Gasteiger partial charge in [-0.2, -0.15) is 13.2 Å². The molecule has 0 aliphatic heterocycles. The maximum Gasteiger partial charge on any atom is 0.416 e. The molecule has 0 spiro atoms. The summed E-state index contributed by atoms with van der Waals surface area (Å²) in [5.74, 6) is -0.302. The summed E-state index contributed by atoms with van der Waals surface area (Å²) < 4.78 is 65.9. The first kappa shape index (κ1) is 40.0. The molecule has 1 aromatic rings. The van der Waals surface area contributed by atoms with Gasteiger partial charge in [0.15, 0.2) is 16.6 Å². The Balaban J connectivity index is 2.49. The van der Waals surface area contributed by atoms with Gasteiger partial charge >= 0.3 is 12.1 Å². The lowest BCUT2D eigenvalue weighted by Gasteiger charge is -2.40. The van der Waals surface area contributed by atoms with E-state index in [1.165, 1.54) is 12.1 Å². The lowest BCUT2D eigenvalue weighted by atomic mass is 9.90. The van der Waals surface area contributed by atoms with Gasteiger partial charge in [-0.1, -0.05) is 71.9 Å². The number of hydrogen-bond acceptors (Lipinski definition) is 5. The van der Waals surface area contributed by atoms with Gasteiger partial charge in [-0.25, -0.2) is 0 Å². The minimum atomic E-state index is -4.47. The van der Waals surface area contributed by atoms with E-state index in [9.17, 15) is 18.0 Å². The van der Waals surface area contributed by atoms with Crippen LogP contribution in [0.2, 0.25) is 36.3 Å². The highest BCUT2D eigenvalue weighted by Crippen LogP contribution is 2.45. The van der Waals surface area contributed by atoms with Crippen LogP contribution in [-0.2, 0) is 24.6 Å². The maximum absolute atomic E-state index is 13.4. The van der Waals surface area contributed by atoms with Crippen molar-refractivity contribution in [1.82, 2.24) is 0 Å². The Bertz CT molecular complexity index is 1200. The molecule has 0 amide bonds. The lowest BCUT2D eigenvalue weighted by Crippen LogP contribution is -2.45. The fourth-order valence-electron chi connectivity index (χ4n) is 4.99. The second-order valence-electron chi connectivity index (χ2n) is 15.4. The molecule has 0 saturated heterocycles. The molecule has 0 radical (unpaired) electrons. The predicted molar refractivity (Wildman–Crippen MR) is 186 cm³/mol. The average molecular weight is 683 g/mol. The lowest BCUT2D eigenvalue weighted by molar-refractivity contribution is -0.151. The van der Waals surface area contributed by atoms with Crippen LogP contribution in [0.1, 0.15) is 72.8 Å². The number of hydrogen-bond donors (Lipinski definition) is 0. The molecule has 5 nitrogen and oxygen atoms in total. The number of esters is 1. The normalized spacial score (nSPS) is 22.1.